The first-order valence-corrected chi connectivity index (χ1v) is 12.8. The van der Waals surface area contributed by atoms with E-state index >= 15 is 0 Å². The van der Waals surface area contributed by atoms with Crippen LogP contribution in [0.3, 0.4) is 0 Å². The van der Waals surface area contributed by atoms with Crippen LogP contribution >= 0.6 is 0 Å². The van der Waals surface area contributed by atoms with E-state index in [0.29, 0.717) is 18.7 Å². The number of aliphatic imine (C=N–C) groups is 1. The summed E-state index contributed by atoms with van der Waals surface area (Å²) >= 11 is 0. The first-order chi connectivity index (χ1) is 15.5. The van der Waals surface area contributed by atoms with Crippen molar-refractivity contribution >= 4 is 11.6 Å². The number of hydrogen-bond donors (Lipinski definition) is 2. The van der Waals surface area contributed by atoms with Gasteiger partial charge in [-0.1, -0.05) is 19.1 Å². The second-order valence-electron chi connectivity index (χ2n) is 9.71. The molecule has 0 radical (unpaired) electrons. The van der Waals surface area contributed by atoms with Crippen molar-refractivity contribution in [3.63, 3.8) is 0 Å². The van der Waals surface area contributed by atoms with Crippen molar-refractivity contribution in [2.75, 3.05) is 50.8 Å². The van der Waals surface area contributed by atoms with Crippen LogP contribution in [0.5, 0.6) is 0 Å². The topological polar surface area (TPSA) is 52.1 Å². The van der Waals surface area contributed by atoms with Crippen molar-refractivity contribution in [2.45, 2.75) is 72.1 Å². The highest BCUT2D eigenvalue weighted by Gasteiger charge is 2.20. The van der Waals surface area contributed by atoms with Gasteiger partial charge in [0.05, 0.1) is 19.3 Å². The smallest absolute Gasteiger partial charge is 0.191 e. The number of hydrogen-bond acceptors (Lipinski definition) is 4. The summed E-state index contributed by atoms with van der Waals surface area (Å²) in [5.74, 6) is 1.80. The van der Waals surface area contributed by atoms with Gasteiger partial charge in [-0.05, 0) is 70.1 Å². The molecule has 2 saturated heterocycles. The van der Waals surface area contributed by atoms with Crippen molar-refractivity contribution in [1.82, 2.24) is 15.5 Å². The molecule has 2 heterocycles. The lowest BCUT2D eigenvalue weighted by Gasteiger charge is -2.33. The standard InChI is InChI=1S/C26H45N5O/c1-5-27-26(29-24-12-14-30(15-13-24)18-19-32-21(2)3)28-20-23-6-8-25(9-7-23)31-16-10-22(4)11-17-31/h6-9,21-22,24H,5,10-20H2,1-4H3,(H2,27,28,29). The lowest BCUT2D eigenvalue weighted by molar-refractivity contribution is 0.0532. The van der Waals surface area contributed by atoms with Crippen molar-refractivity contribution in [1.29, 1.82) is 0 Å². The van der Waals surface area contributed by atoms with Crippen molar-refractivity contribution in [3.05, 3.63) is 29.8 Å². The minimum atomic E-state index is 0.317. The SMILES string of the molecule is CCNC(=NCc1ccc(N2CCC(C)CC2)cc1)NC1CCN(CCOC(C)C)CC1. The second kappa shape index (κ2) is 13.0. The number of benzene rings is 1. The van der Waals surface area contributed by atoms with E-state index in [-0.39, 0.29) is 0 Å². The van der Waals surface area contributed by atoms with Gasteiger partial charge < -0.3 is 25.2 Å². The minimum absolute atomic E-state index is 0.317. The highest BCUT2D eigenvalue weighted by molar-refractivity contribution is 5.80. The molecule has 2 fully saturated rings. The monoisotopic (exact) mass is 443 g/mol. The van der Waals surface area contributed by atoms with E-state index in [1.807, 2.05) is 0 Å². The molecule has 0 atom stereocenters. The van der Waals surface area contributed by atoms with Crippen LogP contribution in [-0.2, 0) is 11.3 Å². The second-order valence-corrected chi connectivity index (χ2v) is 9.71. The molecule has 32 heavy (non-hydrogen) atoms. The van der Waals surface area contributed by atoms with Crippen molar-refractivity contribution < 1.29 is 4.74 Å². The van der Waals surface area contributed by atoms with E-state index in [2.05, 4.69) is 72.4 Å². The Hall–Kier alpha value is -1.79. The molecule has 1 aromatic carbocycles. The van der Waals surface area contributed by atoms with Gasteiger partial charge in [-0.3, -0.25) is 0 Å². The first-order valence-electron chi connectivity index (χ1n) is 12.8. The van der Waals surface area contributed by atoms with Crippen LogP contribution in [0.4, 0.5) is 5.69 Å². The number of ether oxygens (including phenoxy) is 1. The summed E-state index contributed by atoms with van der Waals surface area (Å²) in [6.07, 6.45) is 5.21. The predicted molar refractivity (Wildman–Crippen MR) is 136 cm³/mol. The molecule has 0 aromatic heterocycles. The summed E-state index contributed by atoms with van der Waals surface area (Å²) in [6, 6.07) is 9.48. The molecule has 0 aliphatic carbocycles. The predicted octanol–water partition coefficient (Wildman–Crippen LogP) is 3.87. The van der Waals surface area contributed by atoms with Crippen LogP contribution in [0.1, 0.15) is 58.9 Å². The van der Waals surface area contributed by atoms with E-state index in [1.165, 1.54) is 37.2 Å². The van der Waals surface area contributed by atoms with Crippen LogP contribution in [0.2, 0.25) is 0 Å². The fraction of sp³-hybridized carbons (Fsp3) is 0.731. The summed E-state index contributed by atoms with van der Waals surface area (Å²) in [4.78, 5) is 9.89. The van der Waals surface area contributed by atoms with E-state index < -0.39 is 0 Å². The maximum Gasteiger partial charge on any atom is 0.191 e. The molecule has 2 aliphatic rings. The van der Waals surface area contributed by atoms with Crippen molar-refractivity contribution in [2.24, 2.45) is 10.9 Å². The zero-order chi connectivity index (χ0) is 22.8. The average Bonchev–Trinajstić information content (AvgIpc) is 2.79. The van der Waals surface area contributed by atoms with Crippen molar-refractivity contribution in [3.8, 4) is 0 Å². The minimum Gasteiger partial charge on any atom is -0.377 e. The number of guanidine groups is 1. The Morgan fingerprint density at radius 1 is 1.06 bits per heavy atom. The third-order valence-electron chi connectivity index (χ3n) is 6.64. The molecule has 0 saturated carbocycles. The van der Waals surface area contributed by atoms with Gasteiger partial charge in [-0.2, -0.15) is 0 Å². The molecule has 6 nitrogen and oxygen atoms in total. The molecule has 3 rings (SSSR count). The van der Waals surface area contributed by atoms with Gasteiger partial charge in [0.1, 0.15) is 0 Å². The average molecular weight is 444 g/mol. The number of anilines is 1. The third kappa shape index (κ3) is 8.28. The highest BCUT2D eigenvalue weighted by Crippen LogP contribution is 2.23. The zero-order valence-corrected chi connectivity index (χ0v) is 20.8. The van der Waals surface area contributed by atoms with E-state index in [0.717, 1.165) is 57.5 Å². The number of likely N-dealkylation sites (tertiary alicyclic amines) is 1. The molecule has 0 bridgehead atoms. The van der Waals surface area contributed by atoms with Crippen LogP contribution in [-0.4, -0.2) is 68.9 Å². The fourth-order valence-corrected chi connectivity index (χ4v) is 4.48. The number of nitrogens with one attached hydrogen (secondary N) is 2. The Bertz CT molecular complexity index is 674. The number of piperidine rings is 2. The molecular weight excluding hydrogens is 398 g/mol. The number of nitrogens with zero attached hydrogens (tertiary/aromatic N) is 3. The normalized spacial score (nSPS) is 19.5. The Labute approximate surface area is 195 Å². The van der Waals surface area contributed by atoms with Gasteiger partial charge in [-0.25, -0.2) is 4.99 Å². The summed E-state index contributed by atoms with van der Waals surface area (Å²) in [6.45, 7) is 16.7. The van der Waals surface area contributed by atoms with Crippen LogP contribution in [0.15, 0.2) is 29.3 Å². The Balaban J connectivity index is 1.44. The van der Waals surface area contributed by atoms with Crippen LogP contribution < -0.4 is 15.5 Å². The van der Waals surface area contributed by atoms with E-state index in [4.69, 9.17) is 9.73 Å². The molecule has 2 aliphatic heterocycles. The maximum atomic E-state index is 5.70. The lowest BCUT2D eigenvalue weighted by atomic mass is 9.99. The molecule has 1 aromatic rings. The number of rotatable bonds is 9. The Morgan fingerprint density at radius 3 is 2.38 bits per heavy atom. The molecule has 0 spiro atoms. The van der Waals surface area contributed by atoms with Crippen LogP contribution in [0.25, 0.3) is 0 Å². The van der Waals surface area contributed by atoms with E-state index in [1.54, 1.807) is 0 Å². The highest BCUT2D eigenvalue weighted by atomic mass is 16.5. The molecule has 2 N–H and O–H groups in total. The summed E-state index contributed by atoms with van der Waals surface area (Å²) in [5, 5.41) is 7.08. The van der Waals surface area contributed by atoms with Gasteiger partial charge >= 0.3 is 0 Å². The van der Waals surface area contributed by atoms with Gasteiger partial charge in [0.2, 0.25) is 0 Å². The van der Waals surface area contributed by atoms with Gasteiger partial charge in [0.15, 0.2) is 5.96 Å². The summed E-state index contributed by atoms with van der Waals surface area (Å²) in [5.41, 5.74) is 2.61. The maximum absolute atomic E-state index is 5.70. The van der Waals surface area contributed by atoms with Crippen LogP contribution in [0, 0.1) is 5.92 Å². The lowest BCUT2D eigenvalue weighted by Crippen LogP contribution is -2.49. The fourth-order valence-electron chi connectivity index (χ4n) is 4.48. The largest absolute Gasteiger partial charge is 0.377 e. The first kappa shape index (κ1) is 24.8. The summed E-state index contributed by atoms with van der Waals surface area (Å²) < 4.78 is 5.70. The molecule has 0 unspecified atom stereocenters. The summed E-state index contributed by atoms with van der Waals surface area (Å²) in [7, 11) is 0. The van der Waals surface area contributed by atoms with Gasteiger partial charge in [-0.15, -0.1) is 0 Å². The molecular formula is C26H45N5O. The van der Waals surface area contributed by atoms with E-state index in [9.17, 15) is 0 Å². The van der Waals surface area contributed by atoms with Gasteiger partial charge in [0, 0.05) is 51.0 Å². The Kier molecular flexibility index (Phi) is 10.1. The van der Waals surface area contributed by atoms with Gasteiger partial charge in [0.25, 0.3) is 0 Å². The quantitative estimate of drug-likeness (QED) is 0.448. The zero-order valence-electron chi connectivity index (χ0n) is 20.8. The Morgan fingerprint density at radius 2 is 1.75 bits per heavy atom. The molecule has 180 valence electrons. The molecule has 6 heteroatoms. The molecule has 0 amide bonds. The third-order valence-corrected chi connectivity index (χ3v) is 6.64.